The fourth-order valence-electron chi connectivity index (χ4n) is 4.47. The maximum atomic E-state index is 6.77. The van der Waals surface area contributed by atoms with Gasteiger partial charge in [0.1, 0.15) is 0 Å². The molecule has 0 saturated heterocycles. The maximum absolute atomic E-state index is 6.77. The Labute approximate surface area is 188 Å². The van der Waals surface area contributed by atoms with Crippen LogP contribution < -0.4 is 0 Å². The maximum Gasteiger partial charge on any atom is 0.311 e. The van der Waals surface area contributed by atoms with Crippen LogP contribution in [0.5, 0.6) is 0 Å². The molecule has 0 fully saturated rings. The highest BCUT2D eigenvalue weighted by Crippen LogP contribution is 2.27. The van der Waals surface area contributed by atoms with E-state index in [1.165, 1.54) is 102 Å². The van der Waals surface area contributed by atoms with Gasteiger partial charge in [-0.25, -0.2) is 0 Å². The Hall–Kier alpha value is 0.571. The van der Waals surface area contributed by atoms with Gasteiger partial charge in [-0.05, 0) is 51.4 Å². The highest BCUT2D eigenvalue weighted by Gasteiger charge is 2.39. The summed E-state index contributed by atoms with van der Waals surface area (Å²) in [4.78, 5) is 0. The SMILES string of the molecule is CCCCCCCCC[Si](C)(C)O[Si](C)(C)O[Si](C)(C)CCCCCCCCC. The summed E-state index contributed by atoms with van der Waals surface area (Å²) in [5, 5.41) is 0. The van der Waals surface area contributed by atoms with Crippen LogP contribution in [0.25, 0.3) is 0 Å². The Morgan fingerprint density at radius 1 is 0.414 bits per heavy atom. The van der Waals surface area contributed by atoms with Crippen molar-refractivity contribution in [1.29, 1.82) is 0 Å². The number of unbranched alkanes of at least 4 members (excludes halogenated alkanes) is 12. The topological polar surface area (TPSA) is 18.5 Å². The van der Waals surface area contributed by atoms with Gasteiger partial charge in [0.2, 0.25) is 0 Å². The van der Waals surface area contributed by atoms with E-state index in [4.69, 9.17) is 8.23 Å². The second-order valence-corrected chi connectivity index (χ2v) is 23.3. The van der Waals surface area contributed by atoms with Crippen molar-refractivity contribution in [2.75, 3.05) is 0 Å². The van der Waals surface area contributed by atoms with Crippen molar-refractivity contribution in [3.8, 4) is 0 Å². The number of rotatable bonds is 20. The second kappa shape index (κ2) is 16.2. The summed E-state index contributed by atoms with van der Waals surface area (Å²) in [5.41, 5.74) is 0. The van der Waals surface area contributed by atoms with Gasteiger partial charge >= 0.3 is 8.56 Å². The van der Waals surface area contributed by atoms with Gasteiger partial charge in [0, 0.05) is 0 Å². The monoisotopic (exact) mass is 460 g/mol. The fourth-order valence-corrected chi connectivity index (χ4v) is 18.7. The molecule has 5 heteroatoms. The summed E-state index contributed by atoms with van der Waals surface area (Å²) in [5.74, 6) is 0. The molecular weight excluding hydrogens is 405 g/mol. The molecule has 0 spiro atoms. The van der Waals surface area contributed by atoms with Gasteiger partial charge in [-0.1, -0.05) is 104 Å². The molecule has 0 aromatic rings. The van der Waals surface area contributed by atoms with Crippen molar-refractivity contribution in [1.82, 2.24) is 0 Å². The molecule has 0 aromatic carbocycles. The van der Waals surface area contributed by atoms with Crippen LogP contribution >= 0.6 is 0 Å². The van der Waals surface area contributed by atoms with Crippen LogP contribution in [0.2, 0.25) is 51.4 Å². The molecule has 0 bridgehead atoms. The Morgan fingerprint density at radius 2 is 0.690 bits per heavy atom. The van der Waals surface area contributed by atoms with E-state index < -0.39 is 25.2 Å². The first-order chi connectivity index (χ1) is 13.5. The number of hydrogen-bond acceptors (Lipinski definition) is 2. The molecule has 29 heavy (non-hydrogen) atoms. The van der Waals surface area contributed by atoms with Gasteiger partial charge in [-0.15, -0.1) is 0 Å². The van der Waals surface area contributed by atoms with Crippen molar-refractivity contribution >= 4 is 25.2 Å². The molecular formula is C24H56O2Si3. The quantitative estimate of drug-likeness (QED) is 0.133. The molecule has 0 aliphatic rings. The van der Waals surface area contributed by atoms with E-state index in [9.17, 15) is 0 Å². The van der Waals surface area contributed by atoms with Crippen molar-refractivity contribution in [3.05, 3.63) is 0 Å². The van der Waals surface area contributed by atoms with Crippen LogP contribution in [0.1, 0.15) is 104 Å². The molecule has 0 aromatic heterocycles. The van der Waals surface area contributed by atoms with Gasteiger partial charge in [-0.3, -0.25) is 0 Å². The van der Waals surface area contributed by atoms with E-state index in [0.29, 0.717) is 0 Å². The van der Waals surface area contributed by atoms with Gasteiger partial charge < -0.3 is 8.23 Å². The Kier molecular flexibility index (Phi) is 16.6. The normalized spacial score (nSPS) is 13.2. The molecule has 0 unspecified atom stereocenters. The van der Waals surface area contributed by atoms with Crippen LogP contribution in [0.4, 0.5) is 0 Å². The van der Waals surface area contributed by atoms with Crippen LogP contribution in [0.3, 0.4) is 0 Å². The van der Waals surface area contributed by atoms with Gasteiger partial charge in [-0.2, -0.15) is 0 Å². The standard InChI is InChI=1S/C24H56O2Si3/c1-9-11-13-15-17-19-21-23-27(3,4)25-29(7,8)26-28(5,6)24-22-20-18-16-14-12-10-2/h9-24H2,1-8H3. The van der Waals surface area contributed by atoms with Crippen molar-refractivity contribution < 1.29 is 8.23 Å². The van der Waals surface area contributed by atoms with Crippen LogP contribution in [0, 0.1) is 0 Å². The molecule has 0 atom stereocenters. The smallest absolute Gasteiger partial charge is 0.311 e. The minimum atomic E-state index is -2.02. The third-order valence-corrected chi connectivity index (χ3v) is 17.3. The Morgan fingerprint density at radius 3 is 1.00 bits per heavy atom. The van der Waals surface area contributed by atoms with E-state index in [1.807, 2.05) is 0 Å². The van der Waals surface area contributed by atoms with E-state index in [-0.39, 0.29) is 0 Å². The molecule has 0 heterocycles. The molecule has 0 aliphatic carbocycles. The van der Waals surface area contributed by atoms with Crippen LogP contribution in [0.15, 0.2) is 0 Å². The zero-order valence-electron chi connectivity index (χ0n) is 21.6. The first kappa shape index (κ1) is 29.6. The Balaban J connectivity index is 4.11. The third kappa shape index (κ3) is 19.0. The van der Waals surface area contributed by atoms with Crippen LogP contribution in [-0.2, 0) is 8.23 Å². The zero-order chi connectivity index (χ0) is 22.2. The lowest BCUT2D eigenvalue weighted by Gasteiger charge is -2.39. The van der Waals surface area contributed by atoms with Gasteiger partial charge in [0.15, 0.2) is 16.6 Å². The number of hydrogen-bond donors (Lipinski definition) is 0. The lowest BCUT2D eigenvalue weighted by Crippen LogP contribution is -2.52. The van der Waals surface area contributed by atoms with Crippen molar-refractivity contribution in [2.45, 2.75) is 155 Å². The van der Waals surface area contributed by atoms with Gasteiger partial charge in [0.05, 0.1) is 0 Å². The predicted molar refractivity (Wildman–Crippen MR) is 140 cm³/mol. The van der Waals surface area contributed by atoms with E-state index in [1.54, 1.807) is 0 Å². The molecule has 2 nitrogen and oxygen atoms in total. The summed E-state index contributed by atoms with van der Waals surface area (Å²) in [6.07, 6.45) is 19.4. The summed E-state index contributed by atoms with van der Waals surface area (Å²) in [6.45, 7) is 18.8. The highest BCUT2D eigenvalue weighted by atomic mass is 28.5. The molecule has 0 rings (SSSR count). The van der Waals surface area contributed by atoms with Crippen molar-refractivity contribution in [3.63, 3.8) is 0 Å². The predicted octanol–water partition coefficient (Wildman–Crippen LogP) is 9.63. The van der Waals surface area contributed by atoms with Crippen molar-refractivity contribution in [2.24, 2.45) is 0 Å². The Bertz CT molecular complexity index is 350. The first-order valence-electron chi connectivity index (χ1n) is 12.9. The molecule has 0 radical (unpaired) electrons. The zero-order valence-corrected chi connectivity index (χ0v) is 24.6. The summed E-state index contributed by atoms with van der Waals surface area (Å²) in [7, 11) is -5.25. The second-order valence-electron chi connectivity index (χ2n) is 10.9. The lowest BCUT2D eigenvalue weighted by molar-refractivity contribution is 0.385. The highest BCUT2D eigenvalue weighted by molar-refractivity contribution is 6.87. The van der Waals surface area contributed by atoms with Crippen LogP contribution in [-0.4, -0.2) is 25.2 Å². The van der Waals surface area contributed by atoms with E-state index in [0.717, 1.165) is 0 Å². The van der Waals surface area contributed by atoms with E-state index >= 15 is 0 Å². The average Bonchev–Trinajstić information content (AvgIpc) is 2.58. The first-order valence-corrected chi connectivity index (χ1v) is 22.0. The molecule has 0 amide bonds. The summed E-state index contributed by atoms with van der Waals surface area (Å²) >= 11 is 0. The largest absolute Gasteiger partial charge is 0.437 e. The summed E-state index contributed by atoms with van der Waals surface area (Å²) < 4.78 is 13.5. The molecule has 0 saturated carbocycles. The molecule has 0 N–H and O–H groups in total. The van der Waals surface area contributed by atoms with Gasteiger partial charge in [0.25, 0.3) is 0 Å². The van der Waals surface area contributed by atoms with E-state index in [2.05, 4.69) is 53.1 Å². The molecule has 0 aliphatic heterocycles. The summed E-state index contributed by atoms with van der Waals surface area (Å²) in [6, 6.07) is 2.58. The molecule has 176 valence electrons. The minimum absolute atomic E-state index is 1.29. The minimum Gasteiger partial charge on any atom is -0.437 e. The average molecular weight is 461 g/mol. The lowest BCUT2D eigenvalue weighted by atomic mass is 10.1. The fraction of sp³-hybridized carbons (Fsp3) is 1.00. The third-order valence-electron chi connectivity index (χ3n) is 5.81.